The van der Waals surface area contributed by atoms with E-state index in [9.17, 15) is 103 Å². The summed E-state index contributed by atoms with van der Waals surface area (Å²) in [4.78, 5) is 225. The Labute approximate surface area is 561 Å². The van der Waals surface area contributed by atoms with Crippen molar-refractivity contribution < 1.29 is 112 Å². The summed E-state index contributed by atoms with van der Waals surface area (Å²) < 4.78 is 5.86. The number of carbonyl (C=O) groups is 16. The number of amides is 11. The number of fused-ring (bicyclic) bond motifs is 2. The maximum absolute atomic E-state index is 15.1. The van der Waals surface area contributed by atoms with Gasteiger partial charge >= 0.3 is 29.8 Å². The number of hydrogen-bond acceptors (Lipinski definition) is 19. The van der Waals surface area contributed by atoms with Gasteiger partial charge in [-0.05, 0) is 49.1 Å². The van der Waals surface area contributed by atoms with Gasteiger partial charge in [0.25, 0.3) is 0 Å². The van der Waals surface area contributed by atoms with Gasteiger partial charge in [-0.3, -0.25) is 71.9 Å². The van der Waals surface area contributed by atoms with E-state index in [1.54, 1.807) is 54.6 Å². The van der Waals surface area contributed by atoms with Crippen molar-refractivity contribution in [1.82, 2.24) is 68.5 Å². The number of ether oxygens (including phenoxy) is 1. The van der Waals surface area contributed by atoms with Crippen LogP contribution >= 0.6 is 0 Å². The topological polar surface area (TPSA) is 568 Å². The van der Waals surface area contributed by atoms with Gasteiger partial charge in [-0.15, -0.1) is 0 Å². The molecule has 1 saturated heterocycles. The molecular weight excluding hydrogens is 1310 g/mol. The molecule has 12 atom stereocenters. The van der Waals surface area contributed by atoms with Crippen LogP contribution < -0.4 is 58.5 Å². The first-order valence-electron chi connectivity index (χ1n) is 30.7. The van der Waals surface area contributed by atoms with E-state index in [2.05, 4.69) is 68.5 Å². The summed E-state index contributed by atoms with van der Waals surface area (Å²) in [5, 5.41) is 85.9. The van der Waals surface area contributed by atoms with E-state index >= 15 is 4.79 Å². The number of aromatic amines is 2. The molecule has 11 amide bonds. The number of aliphatic hydroxyl groups excluding tert-OH is 2. The zero-order valence-electron chi connectivity index (χ0n) is 53.3. The average molecular weight is 1380 g/mol. The van der Waals surface area contributed by atoms with Crippen molar-refractivity contribution in [2.75, 3.05) is 13.2 Å². The van der Waals surface area contributed by atoms with Crippen LogP contribution in [0.2, 0.25) is 0 Å². The van der Waals surface area contributed by atoms with Crippen LogP contribution in [0, 0.1) is 0 Å². The number of nitrogens with one attached hydrogen (secondary N) is 13. The smallest absolute Gasteiger partial charge is 0.329 e. The Morgan fingerprint density at radius 3 is 1.35 bits per heavy atom. The van der Waals surface area contributed by atoms with Crippen LogP contribution in [-0.4, -0.2) is 221 Å². The molecular formula is C63H75N13O23. The third kappa shape index (κ3) is 22.4. The summed E-state index contributed by atoms with van der Waals surface area (Å²) >= 11 is 0. The molecule has 3 unspecified atom stereocenters. The van der Waals surface area contributed by atoms with Gasteiger partial charge in [0.15, 0.2) is 0 Å². The maximum atomic E-state index is 15.1. The third-order valence-electron chi connectivity index (χ3n) is 15.5. The second-order valence-corrected chi connectivity index (χ2v) is 23.0. The van der Waals surface area contributed by atoms with Crippen molar-refractivity contribution in [2.24, 2.45) is 0 Å². The van der Waals surface area contributed by atoms with Crippen LogP contribution in [0.15, 0.2) is 91.3 Å². The van der Waals surface area contributed by atoms with Gasteiger partial charge in [0.1, 0.15) is 72.6 Å². The molecule has 99 heavy (non-hydrogen) atoms. The summed E-state index contributed by atoms with van der Waals surface area (Å²) in [6.07, 6.45) is -6.04. The van der Waals surface area contributed by atoms with Crippen molar-refractivity contribution >= 4 is 117 Å². The Bertz CT molecular complexity index is 3860. The van der Waals surface area contributed by atoms with Crippen LogP contribution in [0.5, 0.6) is 0 Å². The maximum Gasteiger partial charge on any atom is 0.329 e. The Hall–Kier alpha value is -11.8. The molecule has 1 aliphatic rings. The van der Waals surface area contributed by atoms with Crippen LogP contribution in [0.4, 0.5) is 0 Å². The van der Waals surface area contributed by atoms with Gasteiger partial charge in [-0.2, -0.15) is 0 Å². The number of carboxylic acids is 4. The number of aliphatic hydroxyl groups is 2. The van der Waals surface area contributed by atoms with Gasteiger partial charge in [-0.25, -0.2) is 4.79 Å². The predicted octanol–water partition coefficient (Wildman–Crippen LogP) is -4.73. The fraction of sp³-hybridized carbons (Fsp3) is 0.397. The van der Waals surface area contributed by atoms with E-state index in [4.69, 9.17) is 4.74 Å². The summed E-state index contributed by atoms with van der Waals surface area (Å²) in [5.41, 5.74) is 1.89. The Morgan fingerprint density at radius 1 is 0.465 bits per heavy atom. The SMILES string of the molecule is CC(=O)N[C@@H](CO)C(=O)N[C@@H]1C(=O)N[C@H](Cc2c[nH]c3ccccc23)C(=O)NC(CC(=O)O)C(=O)N[C@@H](CC(=O)O)C(=O)N[C@H](Cc2ccccc2)C(=O)N[C@@H](CC(=O)O)C(=O)N[C@@H](C)C(=O)NC(CO)C(=O)N[C@@H](CCC(=O)O)C(=O)NC(Cc2c[nH]c3ccccc23)C(=O)O[C@@H]1C. The first-order valence-corrected chi connectivity index (χ1v) is 30.7. The molecule has 0 saturated carbocycles. The number of benzene rings is 3. The average Bonchev–Trinajstić information content (AvgIpc) is 1.74. The molecule has 0 spiro atoms. The molecule has 3 aromatic carbocycles. The van der Waals surface area contributed by atoms with E-state index in [1.807, 2.05) is 0 Å². The fourth-order valence-electron chi connectivity index (χ4n) is 10.4. The molecule has 19 N–H and O–H groups in total. The van der Waals surface area contributed by atoms with Crippen LogP contribution in [0.3, 0.4) is 0 Å². The molecule has 36 nitrogen and oxygen atoms in total. The van der Waals surface area contributed by atoms with Crippen LogP contribution in [0.25, 0.3) is 21.8 Å². The van der Waals surface area contributed by atoms with E-state index in [1.165, 1.54) is 36.7 Å². The van der Waals surface area contributed by atoms with E-state index in [0.717, 1.165) is 20.8 Å². The highest BCUT2D eigenvalue weighted by molar-refractivity contribution is 6.02. The number of carbonyl (C=O) groups excluding carboxylic acids is 12. The minimum absolute atomic E-state index is 0.270. The number of aliphatic carboxylic acids is 4. The standard InChI is InChI=1S/C63H75N13O23/c1-29-53(88)75-47(28-78)60(95)68-39(17-18-48(80)81)54(89)74-45(21-34-26-65-38-16-10-8-14-36(34)38)63(98)99-30(2)52(76-61(96)46(27-77)67-31(3)79)62(97)73-41(20-33-25-64-37-15-9-7-13-35(33)37)57(92)71-44(24-51(86)87)59(94)72-43(23-50(84)85)58(93)69-40(19-32-11-5-4-6-12-32)56(91)70-42(22-49(82)83)55(90)66-29/h4-16,25-26,29-30,39-47,52,64-65,77-78H,17-24,27-28H2,1-3H3,(H,66,90)(H,67,79)(H,68,95)(H,69,93)(H,70,91)(H,71,92)(H,72,94)(H,73,97)(H,74,89)(H,75,88)(H,76,96)(H,80,81)(H,82,83)(H,84,85)(H,86,87)/t29-,30+,39-,40+,41+,42-,43-,44?,45?,46-,47?,52-/m0/s1. The van der Waals surface area contributed by atoms with E-state index in [-0.39, 0.29) is 11.1 Å². The molecule has 6 rings (SSSR count). The molecule has 1 aliphatic heterocycles. The van der Waals surface area contributed by atoms with Gasteiger partial charge in [0, 0.05) is 66.8 Å². The zero-order chi connectivity index (χ0) is 72.8. The number of carboxylic acid groups (broad SMARTS) is 4. The molecule has 0 radical (unpaired) electrons. The fourth-order valence-corrected chi connectivity index (χ4v) is 10.4. The van der Waals surface area contributed by atoms with Crippen LogP contribution in [0.1, 0.15) is 69.6 Å². The van der Waals surface area contributed by atoms with Gasteiger partial charge in [0.05, 0.1) is 32.5 Å². The van der Waals surface area contributed by atoms with E-state index < -0.39 is 232 Å². The van der Waals surface area contributed by atoms with Crippen molar-refractivity contribution in [3.8, 4) is 0 Å². The lowest BCUT2D eigenvalue weighted by atomic mass is 10.0. The highest BCUT2D eigenvalue weighted by atomic mass is 16.5. The molecule has 3 heterocycles. The summed E-state index contributed by atoms with van der Waals surface area (Å²) in [6, 6.07) is -1.53. The zero-order valence-corrected chi connectivity index (χ0v) is 53.3. The highest BCUT2D eigenvalue weighted by Gasteiger charge is 2.40. The molecule has 1 fully saturated rings. The largest absolute Gasteiger partial charge is 0.481 e. The number of rotatable bonds is 20. The first kappa shape index (κ1) is 76.2. The minimum Gasteiger partial charge on any atom is -0.481 e. The normalized spacial score (nSPS) is 23.5. The van der Waals surface area contributed by atoms with E-state index in [0.29, 0.717) is 27.4 Å². The third-order valence-corrected chi connectivity index (χ3v) is 15.5. The first-order chi connectivity index (χ1) is 46.9. The molecule has 2 aromatic heterocycles. The number of aromatic nitrogens is 2. The molecule has 0 aliphatic carbocycles. The second-order valence-electron chi connectivity index (χ2n) is 23.0. The number of cyclic esters (lactones) is 1. The molecule has 5 aromatic rings. The Morgan fingerprint density at radius 2 is 0.869 bits per heavy atom. The summed E-state index contributed by atoms with van der Waals surface area (Å²) in [5.74, 6) is -22.7. The van der Waals surface area contributed by atoms with Gasteiger partial charge in [-0.1, -0.05) is 66.7 Å². The lowest BCUT2D eigenvalue weighted by molar-refractivity contribution is -0.156. The van der Waals surface area contributed by atoms with Crippen molar-refractivity contribution in [2.45, 2.75) is 145 Å². The minimum atomic E-state index is -2.27. The predicted molar refractivity (Wildman–Crippen MR) is 340 cm³/mol. The number of hydrogen-bond donors (Lipinski definition) is 19. The Kier molecular flexibility index (Phi) is 27.5. The molecule has 36 heteroatoms. The van der Waals surface area contributed by atoms with Crippen molar-refractivity contribution in [1.29, 1.82) is 0 Å². The lowest BCUT2D eigenvalue weighted by Gasteiger charge is -2.30. The second kappa shape index (κ2) is 35.8. The summed E-state index contributed by atoms with van der Waals surface area (Å²) in [7, 11) is 0. The number of esters is 1. The number of para-hydroxylation sites is 2. The van der Waals surface area contributed by atoms with Gasteiger partial charge in [0.2, 0.25) is 65.0 Å². The monoisotopic (exact) mass is 1380 g/mol. The molecule has 530 valence electrons. The quantitative estimate of drug-likeness (QED) is 0.0326. The Balaban J connectivity index is 1.50. The van der Waals surface area contributed by atoms with Crippen molar-refractivity contribution in [3.05, 3.63) is 108 Å². The van der Waals surface area contributed by atoms with Gasteiger partial charge < -0.3 is 104 Å². The van der Waals surface area contributed by atoms with Crippen molar-refractivity contribution in [3.63, 3.8) is 0 Å². The number of H-pyrrole nitrogens is 2. The lowest BCUT2D eigenvalue weighted by Crippen LogP contribution is -2.62. The highest BCUT2D eigenvalue weighted by Crippen LogP contribution is 2.22. The summed E-state index contributed by atoms with van der Waals surface area (Å²) in [6.45, 7) is 0.711. The molecule has 0 bridgehead atoms. The van der Waals surface area contributed by atoms with Crippen LogP contribution in [-0.2, 0) is 101 Å².